The molecule has 0 bridgehead atoms. The van der Waals surface area contributed by atoms with Crippen molar-refractivity contribution in [3.8, 4) is 0 Å². The number of carbonyl (C=O) groups excluding carboxylic acids is 1. The Morgan fingerprint density at radius 3 is 2.39 bits per heavy atom. The highest BCUT2D eigenvalue weighted by atomic mass is 35.5. The number of nitrogens with one attached hydrogen (secondary N) is 1. The summed E-state index contributed by atoms with van der Waals surface area (Å²) in [7, 11) is 0. The maximum Gasteiger partial charge on any atom is 0.251 e. The minimum atomic E-state index is -0.895. The Balaban J connectivity index is 0.00000392. The van der Waals surface area contributed by atoms with Crippen molar-refractivity contribution in [1.82, 2.24) is 5.32 Å². The van der Waals surface area contributed by atoms with Gasteiger partial charge < -0.3 is 16.2 Å². The van der Waals surface area contributed by atoms with Crippen LogP contribution < -0.4 is 11.1 Å². The van der Waals surface area contributed by atoms with E-state index in [1.807, 2.05) is 45.9 Å². The van der Waals surface area contributed by atoms with E-state index in [0.29, 0.717) is 11.1 Å². The first-order chi connectivity index (χ1) is 12.6. The zero-order valence-corrected chi connectivity index (χ0v) is 17.6. The number of amides is 1. The van der Waals surface area contributed by atoms with E-state index in [1.165, 1.54) is 6.07 Å². The van der Waals surface area contributed by atoms with Gasteiger partial charge in [0.25, 0.3) is 5.91 Å². The Bertz CT molecular complexity index is 805. The molecule has 0 aliphatic heterocycles. The highest BCUT2D eigenvalue weighted by molar-refractivity contribution is 5.96. The van der Waals surface area contributed by atoms with Gasteiger partial charge in [-0.05, 0) is 57.4 Å². The zero-order chi connectivity index (χ0) is 20.2. The third-order valence-corrected chi connectivity index (χ3v) is 4.34. The van der Waals surface area contributed by atoms with Gasteiger partial charge in [0.05, 0.1) is 6.10 Å². The second-order valence-electron chi connectivity index (χ2n) is 8.10. The number of aryl methyl sites for hydroxylation is 1. The molecule has 28 heavy (non-hydrogen) atoms. The molecule has 2 aromatic rings. The first-order valence-electron chi connectivity index (χ1n) is 9.16. The molecule has 0 aliphatic carbocycles. The van der Waals surface area contributed by atoms with Crippen molar-refractivity contribution >= 4 is 18.3 Å². The van der Waals surface area contributed by atoms with E-state index in [0.717, 1.165) is 11.1 Å². The lowest BCUT2D eigenvalue weighted by Gasteiger charge is -2.23. The molecule has 0 saturated heterocycles. The topological polar surface area (TPSA) is 75.3 Å². The molecule has 6 heteroatoms. The van der Waals surface area contributed by atoms with Crippen LogP contribution in [0.15, 0.2) is 42.5 Å². The van der Waals surface area contributed by atoms with Crippen LogP contribution in [0.1, 0.15) is 47.8 Å². The largest absolute Gasteiger partial charge is 0.391 e. The molecule has 0 fully saturated rings. The van der Waals surface area contributed by atoms with Crippen LogP contribution >= 0.6 is 12.4 Å². The molecular weight excluding hydrogens is 379 g/mol. The highest BCUT2D eigenvalue weighted by Crippen LogP contribution is 2.18. The van der Waals surface area contributed by atoms with Crippen molar-refractivity contribution in [1.29, 1.82) is 0 Å². The lowest BCUT2D eigenvalue weighted by atomic mass is 9.93. The van der Waals surface area contributed by atoms with Crippen LogP contribution in [0.4, 0.5) is 4.39 Å². The summed E-state index contributed by atoms with van der Waals surface area (Å²) in [6.45, 7) is 7.66. The molecule has 4 N–H and O–H groups in total. The van der Waals surface area contributed by atoms with Crippen molar-refractivity contribution in [2.75, 3.05) is 0 Å². The van der Waals surface area contributed by atoms with Crippen molar-refractivity contribution in [2.24, 2.45) is 5.73 Å². The van der Waals surface area contributed by atoms with Crippen LogP contribution in [0.2, 0.25) is 0 Å². The summed E-state index contributed by atoms with van der Waals surface area (Å²) in [5.41, 5.74) is 8.43. The van der Waals surface area contributed by atoms with E-state index in [1.54, 1.807) is 18.2 Å². The molecule has 0 heterocycles. The molecule has 2 atom stereocenters. The lowest BCUT2D eigenvalue weighted by Crippen LogP contribution is -2.42. The normalized spacial score (nSPS) is 13.4. The Kier molecular flexibility index (Phi) is 8.61. The quantitative estimate of drug-likeness (QED) is 0.684. The predicted octanol–water partition coefficient (Wildman–Crippen LogP) is 3.56. The molecule has 0 spiro atoms. The molecule has 2 aromatic carbocycles. The molecular formula is C22H30ClFN2O2. The summed E-state index contributed by atoms with van der Waals surface area (Å²) >= 11 is 0. The molecule has 2 rings (SSSR count). The van der Waals surface area contributed by atoms with Gasteiger partial charge in [-0.1, -0.05) is 35.9 Å². The number of benzene rings is 2. The maximum absolute atomic E-state index is 13.8. The monoisotopic (exact) mass is 408 g/mol. The minimum Gasteiger partial charge on any atom is -0.391 e. The van der Waals surface area contributed by atoms with Crippen LogP contribution in [0.3, 0.4) is 0 Å². The molecule has 4 nitrogen and oxygen atoms in total. The standard InChI is InChI=1S/C22H29FN2O2.ClH/c1-14-9-10-15(17(11-14)21(27)25-22(2,3)4)13-20(26)19(24)12-16-7-5-6-8-18(16)23;/h5-11,19-20,26H,12-13,24H2,1-4H3,(H,25,27);1H. The number of aliphatic hydroxyl groups is 1. The number of aliphatic hydroxyl groups excluding tert-OH is 1. The van der Waals surface area contributed by atoms with Crippen LogP contribution in [0.5, 0.6) is 0 Å². The van der Waals surface area contributed by atoms with E-state index in [-0.39, 0.29) is 42.5 Å². The smallest absolute Gasteiger partial charge is 0.251 e. The second kappa shape index (κ2) is 10.0. The fourth-order valence-corrected chi connectivity index (χ4v) is 2.92. The number of hydrogen-bond donors (Lipinski definition) is 3. The van der Waals surface area contributed by atoms with Crippen molar-refractivity contribution in [3.05, 3.63) is 70.5 Å². The lowest BCUT2D eigenvalue weighted by molar-refractivity contribution is 0.0916. The second-order valence-corrected chi connectivity index (χ2v) is 8.10. The highest BCUT2D eigenvalue weighted by Gasteiger charge is 2.22. The van der Waals surface area contributed by atoms with Gasteiger partial charge in [-0.25, -0.2) is 4.39 Å². The summed E-state index contributed by atoms with van der Waals surface area (Å²) < 4.78 is 13.8. The number of rotatable bonds is 6. The van der Waals surface area contributed by atoms with Crippen molar-refractivity contribution in [2.45, 2.75) is 58.2 Å². The first kappa shape index (κ1) is 24.1. The fraction of sp³-hybridized carbons (Fsp3) is 0.409. The van der Waals surface area contributed by atoms with Crippen LogP contribution in [0, 0.1) is 12.7 Å². The van der Waals surface area contributed by atoms with E-state index in [2.05, 4.69) is 5.32 Å². The summed E-state index contributed by atoms with van der Waals surface area (Å²) in [5, 5.41) is 13.5. The summed E-state index contributed by atoms with van der Waals surface area (Å²) in [4.78, 5) is 12.6. The van der Waals surface area contributed by atoms with E-state index < -0.39 is 12.1 Å². The molecule has 0 aliphatic rings. The van der Waals surface area contributed by atoms with Crippen molar-refractivity contribution in [3.63, 3.8) is 0 Å². The Hall–Kier alpha value is -1.95. The van der Waals surface area contributed by atoms with Gasteiger partial charge in [-0.2, -0.15) is 0 Å². The fourth-order valence-electron chi connectivity index (χ4n) is 2.92. The SMILES string of the molecule is Cc1ccc(CC(O)C(N)Cc2ccccc2F)c(C(=O)NC(C)(C)C)c1.Cl. The van der Waals surface area contributed by atoms with Gasteiger partial charge >= 0.3 is 0 Å². The van der Waals surface area contributed by atoms with Crippen LogP contribution in [-0.4, -0.2) is 28.7 Å². The van der Waals surface area contributed by atoms with Gasteiger partial charge in [-0.15, -0.1) is 12.4 Å². The van der Waals surface area contributed by atoms with Gasteiger partial charge in [0.1, 0.15) is 5.82 Å². The Morgan fingerprint density at radius 1 is 1.14 bits per heavy atom. The number of halogens is 2. The number of hydrogen-bond acceptors (Lipinski definition) is 3. The summed E-state index contributed by atoms with van der Waals surface area (Å²) in [6.07, 6.45) is -0.444. The third kappa shape index (κ3) is 6.89. The van der Waals surface area contributed by atoms with Crippen LogP contribution in [0.25, 0.3) is 0 Å². The zero-order valence-electron chi connectivity index (χ0n) is 16.8. The molecule has 154 valence electrons. The average molecular weight is 409 g/mol. The van der Waals surface area contributed by atoms with E-state index in [9.17, 15) is 14.3 Å². The van der Waals surface area contributed by atoms with Gasteiger partial charge in [-0.3, -0.25) is 4.79 Å². The molecule has 0 aromatic heterocycles. The Morgan fingerprint density at radius 2 is 1.79 bits per heavy atom. The molecule has 0 radical (unpaired) electrons. The minimum absolute atomic E-state index is 0. The third-order valence-electron chi connectivity index (χ3n) is 4.34. The van der Waals surface area contributed by atoms with E-state index >= 15 is 0 Å². The summed E-state index contributed by atoms with van der Waals surface area (Å²) in [5.74, 6) is -0.517. The molecule has 0 saturated carbocycles. The first-order valence-corrected chi connectivity index (χ1v) is 9.16. The van der Waals surface area contributed by atoms with Gasteiger partial charge in [0, 0.05) is 23.6 Å². The van der Waals surface area contributed by atoms with Gasteiger partial charge in [0.2, 0.25) is 0 Å². The van der Waals surface area contributed by atoms with Gasteiger partial charge in [0.15, 0.2) is 0 Å². The van der Waals surface area contributed by atoms with Crippen molar-refractivity contribution < 1.29 is 14.3 Å². The summed E-state index contributed by atoms with van der Waals surface area (Å²) in [6, 6.07) is 11.3. The predicted molar refractivity (Wildman–Crippen MR) is 113 cm³/mol. The number of carbonyl (C=O) groups is 1. The van der Waals surface area contributed by atoms with Crippen LogP contribution in [-0.2, 0) is 12.8 Å². The average Bonchev–Trinajstić information content (AvgIpc) is 2.56. The Labute approximate surface area is 172 Å². The van der Waals surface area contributed by atoms with E-state index in [4.69, 9.17) is 5.73 Å². The number of nitrogens with two attached hydrogens (primary N) is 1. The molecule has 1 amide bonds. The maximum atomic E-state index is 13.8. The molecule has 2 unspecified atom stereocenters.